The first kappa shape index (κ1) is 29.3. The highest BCUT2D eigenvalue weighted by molar-refractivity contribution is 5.87. The first-order valence-electron chi connectivity index (χ1n) is 12.9. The number of alkyl carbamates (subject to hydrolysis) is 1. The van der Waals surface area contributed by atoms with Crippen LogP contribution in [0.15, 0.2) is 36.0 Å². The van der Waals surface area contributed by atoms with E-state index in [0.29, 0.717) is 32.8 Å². The molecular formula is C27H42N2O8. The molecule has 2 N–H and O–H groups in total. The van der Waals surface area contributed by atoms with Crippen LogP contribution in [0.25, 0.3) is 0 Å². The van der Waals surface area contributed by atoms with Gasteiger partial charge in [0.1, 0.15) is 6.10 Å². The van der Waals surface area contributed by atoms with Crippen molar-refractivity contribution in [3.63, 3.8) is 0 Å². The minimum atomic E-state index is -0.568. The molecule has 37 heavy (non-hydrogen) atoms. The third-order valence-electron chi connectivity index (χ3n) is 6.25. The maximum absolute atomic E-state index is 12.2. The van der Waals surface area contributed by atoms with E-state index in [2.05, 4.69) is 42.7 Å². The summed E-state index contributed by atoms with van der Waals surface area (Å²) < 4.78 is 33.4. The van der Waals surface area contributed by atoms with Crippen molar-refractivity contribution < 1.29 is 38.0 Å². The van der Waals surface area contributed by atoms with Crippen molar-refractivity contribution in [2.75, 3.05) is 40.1 Å². The number of carbonyl (C=O) groups excluding carboxylic acids is 2. The molecule has 3 saturated heterocycles. The minimum Gasteiger partial charge on any atom is -0.442 e. The third-order valence-corrected chi connectivity index (χ3v) is 6.25. The second-order valence-corrected chi connectivity index (χ2v) is 10.5. The monoisotopic (exact) mass is 522 g/mol. The van der Waals surface area contributed by atoms with Gasteiger partial charge in [0, 0.05) is 39.0 Å². The lowest BCUT2D eigenvalue weighted by molar-refractivity contribution is -0.187. The summed E-state index contributed by atoms with van der Waals surface area (Å²) in [7, 11) is 1.55. The zero-order chi connectivity index (χ0) is 26.9. The summed E-state index contributed by atoms with van der Waals surface area (Å²) in [4.78, 5) is 23.8. The van der Waals surface area contributed by atoms with Crippen LogP contribution in [0.3, 0.4) is 0 Å². The van der Waals surface area contributed by atoms with E-state index in [9.17, 15) is 9.59 Å². The summed E-state index contributed by atoms with van der Waals surface area (Å²) in [5, 5.41) is 5.38. The van der Waals surface area contributed by atoms with Crippen LogP contribution >= 0.6 is 0 Å². The number of amides is 2. The maximum atomic E-state index is 12.2. The zero-order valence-electron chi connectivity index (χ0n) is 22.6. The van der Waals surface area contributed by atoms with Crippen molar-refractivity contribution in [1.29, 1.82) is 0 Å². The Bertz CT molecular complexity index is 850. The van der Waals surface area contributed by atoms with Crippen LogP contribution < -0.4 is 10.6 Å². The largest absolute Gasteiger partial charge is 0.442 e. The molecule has 0 unspecified atom stereocenters. The van der Waals surface area contributed by atoms with Crippen LogP contribution in [0.4, 0.5) is 4.79 Å². The van der Waals surface area contributed by atoms with Gasteiger partial charge < -0.3 is 39.1 Å². The van der Waals surface area contributed by atoms with E-state index in [0.717, 1.165) is 25.0 Å². The Labute approximate surface area is 219 Å². The predicted octanol–water partition coefficient (Wildman–Crippen LogP) is 2.78. The molecule has 3 aliphatic rings. The SMILES string of the molecule is COCCNC(=O)O[C@@H](C)/C=C\C(=O)NC1COC(C/C=C(C)/C=C/[C@@H]2C[C@]3(CO3)CC(C)(C)O2)OC1. The number of methoxy groups -OCH3 is 1. The van der Waals surface area contributed by atoms with Gasteiger partial charge >= 0.3 is 6.09 Å². The van der Waals surface area contributed by atoms with Gasteiger partial charge in [0.15, 0.2) is 6.29 Å². The van der Waals surface area contributed by atoms with Crippen molar-refractivity contribution in [2.24, 2.45) is 0 Å². The van der Waals surface area contributed by atoms with Crippen molar-refractivity contribution >= 4 is 12.0 Å². The number of nitrogens with one attached hydrogen (secondary N) is 2. The summed E-state index contributed by atoms with van der Waals surface area (Å²) in [5.74, 6) is -0.307. The van der Waals surface area contributed by atoms with Crippen molar-refractivity contribution in [3.8, 4) is 0 Å². The number of hydrogen-bond acceptors (Lipinski definition) is 8. The van der Waals surface area contributed by atoms with Crippen molar-refractivity contribution in [3.05, 3.63) is 36.0 Å². The van der Waals surface area contributed by atoms with Gasteiger partial charge in [-0.3, -0.25) is 4.79 Å². The third kappa shape index (κ3) is 10.6. The topological polar surface area (TPSA) is 117 Å². The van der Waals surface area contributed by atoms with Crippen LogP contribution in [-0.2, 0) is 33.2 Å². The Balaban J connectivity index is 1.32. The van der Waals surface area contributed by atoms with Gasteiger partial charge in [-0.1, -0.05) is 23.8 Å². The van der Waals surface area contributed by atoms with Crippen LogP contribution in [0.5, 0.6) is 0 Å². The van der Waals surface area contributed by atoms with E-state index in [4.69, 9.17) is 28.4 Å². The number of rotatable bonds is 11. The fourth-order valence-electron chi connectivity index (χ4n) is 4.49. The first-order valence-corrected chi connectivity index (χ1v) is 12.9. The molecule has 208 valence electrons. The number of carbonyl (C=O) groups is 2. The van der Waals surface area contributed by atoms with Crippen LogP contribution in [-0.4, -0.2) is 87.8 Å². The molecule has 0 aromatic heterocycles. The Morgan fingerprint density at radius 2 is 1.92 bits per heavy atom. The second-order valence-electron chi connectivity index (χ2n) is 10.5. The lowest BCUT2D eigenvalue weighted by Gasteiger charge is -2.38. The molecule has 3 heterocycles. The molecule has 0 bridgehead atoms. The van der Waals surface area contributed by atoms with Crippen LogP contribution in [0.1, 0.15) is 47.0 Å². The molecule has 3 fully saturated rings. The summed E-state index contributed by atoms with van der Waals surface area (Å²) >= 11 is 0. The smallest absolute Gasteiger partial charge is 0.407 e. The van der Waals surface area contributed by atoms with Crippen LogP contribution in [0.2, 0.25) is 0 Å². The van der Waals surface area contributed by atoms with Gasteiger partial charge in [-0.05, 0) is 33.8 Å². The quantitative estimate of drug-likeness (QED) is 0.184. The summed E-state index contributed by atoms with van der Waals surface area (Å²) in [6.45, 7) is 10.2. The molecule has 10 heteroatoms. The summed E-state index contributed by atoms with van der Waals surface area (Å²) in [6.07, 6.45) is 10.1. The van der Waals surface area contributed by atoms with E-state index >= 15 is 0 Å². The molecule has 10 nitrogen and oxygen atoms in total. The average Bonchev–Trinajstić information content (AvgIpc) is 3.57. The molecule has 3 rings (SSSR count). The molecule has 0 saturated carbocycles. The number of allylic oxidation sites excluding steroid dienone is 2. The molecule has 3 aliphatic heterocycles. The van der Waals surface area contributed by atoms with Gasteiger partial charge in [0.05, 0.1) is 49.8 Å². The van der Waals surface area contributed by atoms with E-state index in [1.165, 1.54) is 12.2 Å². The molecule has 2 amide bonds. The van der Waals surface area contributed by atoms with Crippen molar-refractivity contribution in [2.45, 2.75) is 82.7 Å². The molecule has 0 aliphatic carbocycles. The summed E-state index contributed by atoms with van der Waals surface area (Å²) in [5.41, 5.74) is 0.931. The van der Waals surface area contributed by atoms with Crippen molar-refractivity contribution in [1.82, 2.24) is 10.6 Å². The standard InChI is InChI=1S/C27H42N2O8/c1-19(6-9-22-14-27(18-35-27)17-26(3,4)37-22)7-11-24-33-15-21(16-34-24)29-23(30)10-8-20(2)36-25(31)28-12-13-32-5/h6-10,20-22,24H,11-18H2,1-5H3,(H,28,31)(H,29,30)/b9-6+,10-8-,19-7+/t20-,21?,22+,24?,27+/m0/s1. The lowest BCUT2D eigenvalue weighted by Crippen LogP contribution is -2.46. The molecule has 3 atom stereocenters. The molecule has 0 radical (unpaired) electrons. The summed E-state index contributed by atoms with van der Waals surface area (Å²) in [6, 6.07) is -0.254. The number of hydrogen-bond donors (Lipinski definition) is 2. The van der Waals surface area contributed by atoms with E-state index in [1.54, 1.807) is 14.0 Å². The number of epoxide rings is 1. The highest BCUT2D eigenvalue weighted by atomic mass is 16.7. The highest BCUT2D eigenvalue weighted by Gasteiger charge is 2.53. The normalized spacial score (nSPS) is 30.4. The fourth-order valence-corrected chi connectivity index (χ4v) is 4.49. The first-order chi connectivity index (χ1) is 17.6. The highest BCUT2D eigenvalue weighted by Crippen LogP contribution is 2.46. The zero-order valence-corrected chi connectivity index (χ0v) is 22.6. The fraction of sp³-hybridized carbons (Fsp3) is 0.704. The van der Waals surface area contributed by atoms with E-state index in [1.807, 2.05) is 6.92 Å². The van der Waals surface area contributed by atoms with Crippen LogP contribution in [0, 0.1) is 0 Å². The predicted molar refractivity (Wildman–Crippen MR) is 137 cm³/mol. The average molecular weight is 523 g/mol. The Morgan fingerprint density at radius 3 is 2.59 bits per heavy atom. The van der Waals surface area contributed by atoms with Gasteiger partial charge in [-0.25, -0.2) is 4.79 Å². The Kier molecular flexibility index (Phi) is 10.7. The van der Waals surface area contributed by atoms with E-state index in [-0.39, 0.29) is 35.5 Å². The number of ether oxygens (including phenoxy) is 6. The van der Waals surface area contributed by atoms with Gasteiger partial charge in [-0.2, -0.15) is 0 Å². The molecule has 1 spiro atoms. The molecule has 0 aromatic carbocycles. The second kappa shape index (κ2) is 13.5. The minimum absolute atomic E-state index is 0.00648. The van der Waals surface area contributed by atoms with Gasteiger partial charge in [-0.15, -0.1) is 0 Å². The molecular weight excluding hydrogens is 480 g/mol. The van der Waals surface area contributed by atoms with Gasteiger partial charge in [0.25, 0.3) is 0 Å². The Morgan fingerprint density at radius 1 is 1.19 bits per heavy atom. The maximum Gasteiger partial charge on any atom is 0.407 e. The Hall–Kier alpha value is -2.24. The lowest BCUT2D eigenvalue weighted by atomic mass is 9.85. The molecule has 0 aromatic rings. The van der Waals surface area contributed by atoms with Gasteiger partial charge in [0.2, 0.25) is 5.91 Å². The van der Waals surface area contributed by atoms with E-state index < -0.39 is 12.2 Å².